The number of nitrogens with zero attached hydrogens (tertiary/aromatic N) is 3. The number of ether oxygens (including phenoxy) is 1. The number of hydrogen-bond acceptors (Lipinski definition) is 4. The predicted molar refractivity (Wildman–Crippen MR) is 61.3 cm³/mol. The van der Waals surface area contributed by atoms with Crippen molar-refractivity contribution in [2.75, 3.05) is 5.73 Å². The summed E-state index contributed by atoms with van der Waals surface area (Å²) in [5, 5.41) is 4.27. The van der Waals surface area contributed by atoms with Gasteiger partial charge < -0.3 is 10.5 Å². The van der Waals surface area contributed by atoms with Crippen molar-refractivity contribution < 1.29 is 4.74 Å². The monoisotopic (exact) mass is 218 g/mol. The third-order valence-electron chi connectivity index (χ3n) is 2.29. The molecule has 2 aromatic heterocycles. The normalized spacial score (nSPS) is 10.4. The van der Waals surface area contributed by atoms with Crippen LogP contribution in [0.1, 0.15) is 12.6 Å². The number of aromatic nitrogens is 3. The Kier molecular flexibility index (Phi) is 2.76. The lowest BCUT2D eigenvalue weighted by atomic mass is 10.3. The summed E-state index contributed by atoms with van der Waals surface area (Å²) in [6.45, 7) is 2.01. The Bertz CT molecular complexity index is 478. The molecule has 0 unspecified atom stereocenters. The lowest BCUT2D eigenvalue weighted by Gasteiger charge is -2.05. The fourth-order valence-corrected chi connectivity index (χ4v) is 1.48. The van der Waals surface area contributed by atoms with Gasteiger partial charge in [-0.25, -0.2) is 4.68 Å². The minimum absolute atomic E-state index is 0.560. The molecular formula is C11H14N4O. The molecule has 0 atom stereocenters. The van der Waals surface area contributed by atoms with Crippen LogP contribution >= 0.6 is 0 Å². The summed E-state index contributed by atoms with van der Waals surface area (Å²) in [5.41, 5.74) is 7.37. The Morgan fingerprint density at radius 2 is 2.31 bits per heavy atom. The second kappa shape index (κ2) is 4.22. The van der Waals surface area contributed by atoms with Crippen molar-refractivity contribution >= 4 is 5.69 Å². The first kappa shape index (κ1) is 10.5. The van der Waals surface area contributed by atoms with E-state index in [9.17, 15) is 0 Å². The van der Waals surface area contributed by atoms with E-state index in [1.807, 2.05) is 19.1 Å². The molecule has 2 rings (SSSR count). The second-order valence-electron chi connectivity index (χ2n) is 3.43. The molecule has 0 bridgehead atoms. The van der Waals surface area contributed by atoms with Gasteiger partial charge >= 0.3 is 0 Å². The number of anilines is 1. The van der Waals surface area contributed by atoms with E-state index in [2.05, 4.69) is 10.1 Å². The van der Waals surface area contributed by atoms with E-state index in [0.717, 1.165) is 12.1 Å². The Labute approximate surface area is 93.9 Å². The molecule has 0 saturated heterocycles. The third kappa shape index (κ3) is 1.84. The highest BCUT2D eigenvalue weighted by Crippen LogP contribution is 2.29. The largest absolute Gasteiger partial charge is 0.436 e. The van der Waals surface area contributed by atoms with Crippen molar-refractivity contribution in [2.45, 2.75) is 13.3 Å². The average molecular weight is 218 g/mol. The zero-order chi connectivity index (χ0) is 11.5. The van der Waals surface area contributed by atoms with Gasteiger partial charge in [0.25, 0.3) is 0 Å². The summed E-state index contributed by atoms with van der Waals surface area (Å²) in [5.74, 6) is 1.21. The minimum atomic E-state index is 0.560. The van der Waals surface area contributed by atoms with Gasteiger partial charge in [-0.15, -0.1) is 0 Å². The highest BCUT2D eigenvalue weighted by atomic mass is 16.5. The van der Waals surface area contributed by atoms with Crippen LogP contribution in [0, 0.1) is 0 Å². The molecular weight excluding hydrogens is 204 g/mol. The van der Waals surface area contributed by atoms with Crippen LogP contribution in [-0.4, -0.2) is 14.8 Å². The Morgan fingerprint density at radius 1 is 1.50 bits per heavy atom. The molecule has 16 heavy (non-hydrogen) atoms. The van der Waals surface area contributed by atoms with Crippen LogP contribution in [0.25, 0.3) is 0 Å². The molecule has 0 spiro atoms. The minimum Gasteiger partial charge on any atom is -0.436 e. The zero-order valence-corrected chi connectivity index (χ0v) is 9.34. The number of nitrogen functional groups attached to an aromatic ring is 1. The van der Waals surface area contributed by atoms with Gasteiger partial charge in [-0.05, 0) is 18.6 Å². The summed E-state index contributed by atoms with van der Waals surface area (Å²) in [4.78, 5) is 3.97. The molecule has 0 aliphatic carbocycles. The lowest BCUT2D eigenvalue weighted by molar-refractivity contribution is 0.431. The molecule has 0 radical (unpaired) electrons. The molecule has 0 aliphatic rings. The van der Waals surface area contributed by atoms with E-state index in [0.29, 0.717) is 17.3 Å². The molecule has 84 valence electrons. The molecule has 2 heterocycles. The van der Waals surface area contributed by atoms with Gasteiger partial charge in [-0.3, -0.25) is 4.98 Å². The maximum Gasteiger partial charge on any atom is 0.241 e. The van der Waals surface area contributed by atoms with Gasteiger partial charge in [-0.1, -0.05) is 6.92 Å². The molecule has 0 fully saturated rings. The number of aryl methyl sites for hydroxylation is 2. The maximum absolute atomic E-state index is 5.93. The number of hydrogen-bond donors (Lipinski definition) is 1. The van der Waals surface area contributed by atoms with Crippen LogP contribution in [0.5, 0.6) is 11.6 Å². The summed E-state index contributed by atoms with van der Waals surface area (Å²) < 4.78 is 7.28. The van der Waals surface area contributed by atoms with Crippen LogP contribution in [0.3, 0.4) is 0 Å². The van der Waals surface area contributed by atoms with Gasteiger partial charge in [0.2, 0.25) is 5.88 Å². The van der Waals surface area contributed by atoms with E-state index < -0.39 is 0 Å². The number of pyridine rings is 1. The van der Waals surface area contributed by atoms with Gasteiger partial charge in [0, 0.05) is 13.2 Å². The van der Waals surface area contributed by atoms with Crippen LogP contribution < -0.4 is 10.5 Å². The molecule has 2 N–H and O–H groups in total. The summed E-state index contributed by atoms with van der Waals surface area (Å²) >= 11 is 0. The summed E-state index contributed by atoms with van der Waals surface area (Å²) in [6, 6.07) is 3.63. The Balaban J connectivity index is 2.31. The van der Waals surface area contributed by atoms with E-state index in [-0.39, 0.29) is 0 Å². The summed E-state index contributed by atoms with van der Waals surface area (Å²) in [6.07, 6.45) is 4.12. The lowest BCUT2D eigenvalue weighted by Crippen LogP contribution is -1.97. The maximum atomic E-state index is 5.93. The van der Waals surface area contributed by atoms with Crippen LogP contribution in [0.4, 0.5) is 5.69 Å². The SMILES string of the molecule is CCc1nn(C)c(Oc2cccnc2)c1N. The van der Waals surface area contributed by atoms with E-state index in [1.54, 1.807) is 24.1 Å². The van der Waals surface area contributed by atoms with Crippen molar-refractivity contribution in [1.29, 1.82) is 0 Å². The molecule has 0 saturated carbocycles. The molecule has 5 heteroatoms. The van der Waals surface area contributed by atoms with Crippen molar-refractivity contribution in [3.05, 3.63) is 30.2 Å². The molecule has 0 aliphatic heterocycles. The summed E-state index contributed by atoms with van der Waals surface area (Å²) in [7, 11) is 1.81. The molecule has 0 aromatic carbocycles. The molecule has 0 amide bonds. The first-order chi connectivity index (χ1) is 7.72. The Morgan fingerprint density at radius 3 is 2.88 bits per heavy atom. The van der Waals surface area contributed by atoms with E-state index in [1.165, 1.54) is 0 Å². The van der Waals surface area contributed by atoms with Crippen molar-refractivity contribution in [2.24, 2.45) is 7.05 Å². The third-order valence-corrected chi connectivity index (χ3v) is 2.29. The number of rotatable bonds is 3. The zero-order valence-electron chi connectivity index (χ0n) is 9.34. The standard InChI is InChI=1S/C11H14N4O/c1-3-9-10(12)11(15(2)14-9)16-8-5-4-6-13-7-8/h4-7H,3,12H2,1-2H3. The van der Waals surface area contributed by atoms with E-state index in [4.69, 9.17) is 10.5 Å². The van der Waals surface area contributed by atoms with Gasteiger partial charge in [0.05, 0.1) is 11.9 Å². The average Bonchev–Trinajstić information content (AvgIpc) is 2.58. The fraction of sp³-hybridized carbons (Fsp3) is 0.273. The quantitative estimate of drug-likeness (QED) is 0.852. The van der Waals surface area contributed by atoms with Crippen LogP contribution in [0.15, 0.2) is 24.5 Å². The first-order valence-corrected chi connectivity index (χ1v) is 5.11. The topological polar surface area (TPSA) is 66.0 Å². The van der Waals surface area contributed by atoms with E-state index >= 15 is 0 Å². The smallest absolute Gasteiger partial charge is 0.241 e. The van der Waals surface area contributed by atoms with Crippen molar-refractivity contribution in [3.63, 3.8) is 0 Å². The van der Waals surface area contributed by atoms with Crippen molar-refractivity contribution in [3.8, 4) is 11.6 Å². The van der Waals surface area contributed by atoms with Gasteiger partial charge in [0.1, 0.15) is 11.4 Å². The molecule has 2 aromatic rings. The van der Waals surface area contributed by atoms with Gasteiger partial charge in [0.15, 0.2) is 0 Å². The highest BCUT2D eigenvalue weighted by Gasteiger charge is 2.13. The number of nitrogens with two attached hydrogens (primary N) is 1. The van der Waals surface area contributed by atoms with Crippen LogP contribution in [-0.2, 0) is 13.5 Å². The fourth-order valence-electron chi connectivity index (χ4n) is 1.48. The predicted octanol–water partition coefficient (Wildman–Crippen LogP) is 1.75. The van der Waals surface area contributed by atoms with Gasteiger partial charge in [-0.2, -0.15) is 5.10 Å². The first-order valence-electron chi connectivity index (χ1n) is 5.11. The van der Waals surface area contributed by atoms with Crippen LogP contribution in [0.2, 0.25) is 0 Å². The highest BCUT2D eigenvalue weighted by molar-refractivity contribution is 5.54. The Hall–Kier alpha value is -2.04. The molecule has 5 nitrogen and oxygen atoms in total. The second-order valence-corrected chi connectivity index (χ2v) is 3.43. The van der Waals surface area contributed by atoms with Crippen molar-refractivity contribution in [1.82, 2.24) is 14.8 Å².